The fourth-order valence-corrected chi connectivity index (χ4v) is 4.98. The summed E-state index contributed by atoms with van der Waals surface area (Å²) in [5.41, 5.74) is 0. The number of nitrogens with zero attached hydrogens (tertiary/aromatic N) is 7. The molecule has 0 bridgehead atoms. The minimum absolute atomic E-state index is 0.107. The molecule has 1 aromatic heterocycles. The van der Waals surface area contributed by atoms with Crippen LogP contribution in [0.1, 0.15) is 31.7 Å². The minimum atomic E-state index is 0.107. The normalized spacial score (nSPS) is 21.7. The van der Waals surface area contributed by atoms with Crippen LogP contribution in [0.25, 0.3) is 0 Å². The summed E-state index contributed by atoms with van der Waals surface area (Å²) in [6.45, 7) is 5.79. The Morgan fingerprint density at radius 2 is 1.66 bits per heavy atom. The maximum absolute atomic E-state index is 12.6. The quantitative estimate of drug-likeness (QED) is 0.585. The third-order valence-corrected chi connectivity index (χ3v) is 6.82. The van der Waals surface area contributed by atoms with Gasteiger partial charge in [-0.3, -0.25) is 14.5 Å². The van der Waals surface area contributed by atoms with Crippen LogP contribution in [0.15, 0.2) is 5.16 Å². The molecule has 0 spiro atoms. The van der Waals surface area contributed by atoms with Crippen LogP contribution >= 0.6 is 11.8 Å². The van der Waals surface area contributed by atoms with Gasteiger partial charge in [-0.25, -0.2) is 4.68 Å². The molecule has 0 unspecified atom stereocenters. The molecule has 3 aliphatic rings. The average Bonchev–Trinajstić information content (AvgIpc) is 3.44. The maximum Gasteiger partial charge on any atom is 0.236 e. The number of hydrogen-bond acceptors (Lipinski definition) is 8. The molecule has 4 rings (SSSR count). The molecule has 0 N–H and O–H groups in total. The number of morpholine rings is 1. The average molecular weight is 424 g/mol. The van der Waals surface area contributed by atoms with E-state index >= 15 is 0 Å². The number of amides is 2. The second-order valence-corrected chi connectivity index (χ2v) is 8.73. The van der Waals surface area contributed by atoms with E-state index in [4.69, 9.17) is 4.74 Å². The van der Waals surface area contributed by atoms with Crippen LogP contribution in [0.5, 0.6) is 0 Å². The van der Waals surface area contributed by atoms with Crippen LogP contribution < -0.4 is 0 Å². The summed E-state index contributed by atoms with van der Waals surface area (Å²) >= 11 is 1.42. The first-order valence-electron chi connectivity index (χ1n) is 10.5. The van der Waals surface area contributed by atoms with Gasteiger partial charge in [0.1, 0.15) is 0 Å². The summed E-state index contributed by atoms with van der Waals surface area (Å²) in [5, 5.41) is 12.8. The third kappa shape index (κ3) is 5.26. The van der Waals surface area contributed by atoms with E-state index in [1.165, 1.54) is 24.6 Å². The van der Waals surface area contributed by atoms with Gasteiger partial charge in [0.2, 0.25) is 17.0 Å². The molecule has 160 valence electrons. The van der Waals surface area contributed by atoms with Gasteiger partial charge in [0, 0.05) is 39.3 Å². The standard InChI is InChI=1S/C18H29N7O3S/c26-16(24-9-11-28-12-10-24)13-22-5-7-23(8-6-22)17(27)14-29-18-19-20-21-25(18)15-3-1-2-4-15/h15H,1-14H2. The topological polar surface area (TPSA) is 96.7 Å². The molecular formula is C18H29N7O3S. The number of carbonyl (C=O) groups is 2. The number of ether oxygens (including phenoxy) is 1. The van der Waals surface area contributed by atoms with E-state index in [1.54, 1.807) is 0 Å². The number of thioether (sulfide) groups is 1. The van der Waals surface area contributed by atoms with Crippen LogP contribution in [0.2, 0.25) is 0 Å². The van der Waals surface area contributed by atoms with Crippen molar-refractivity contribution in [1.82, 2.24) is 34.9 Å². The van der Waals surface area contributed by atoms with Crippen molar-refractivity contribution >= 4 is 23.6 Å². The summed E-state index contributed by atoms with van der Waals surface area (Å²) in [6.07, 6.45) is 4.65. The molecule has 29 heavy (non-hydrogen) atoms. The Balaban J connectivity index is 1.19. The largest absolute Gasteiger partial charge is 0.378 e. The molecule has 11 heteroatoms. The highest BCUT2D eigenvalue weighted by Crippen LogP contribution is 2.31. The summed E-state index contributed by atoms with van der Waals surface area (Å²) in [6, 6.07) is 0.371. The zero-order valence-electron chi connectivity index (χ0n) is 16.7. The number of piperazine rings is 1. The van der Waals surface area contributed by atoms with Crippen molar-refractivity contribution in [1.29, 1.82) is 0 Å². The monoisotopic (exact) mass is 423 g/mol. The highest BCUT2D eigenvalue weighted by Gasteiger charge is 2.26. The van der Waals surface area contributed by atoms with Crippen molar-refractivity contribution in [3.8, 4) is 0 Å². The lowest BCUT2D eigenvalue weighted by Crippen LogP contribution is -2.53. The first kappa shape index (κ1) is 20.5. The predicted molar refractivity (Wildman–Crippen MR) is 106 cm³/mol. The van der Waals surface area contributed by atoms with E-state index in [9.17, 15) is 9.59 Å². The van der Waals surface area contributed by atoms with Gasteiger partial charge in [-0.05, 0) is 23.3 Å². The summed E-state index contributed by atoms with van der Waals surface area (Å²) < 4.78 is 7.19. The van der Waals surface area contributed by atoms with Crippen LogP contribution in [-0.4, -0.2) is 112 Å². The fourth-order valence-electron chi connectivity index (χ4n) is 4.14. The predicted octanol–water partition coefficient (Wildman–Crippen LogP) is -0.117. The third-order valence-electron chi connectivity index (χ3n) is 5.91. The number of rotatable bonds is 6. The van der Waals surface area contributed by atoms with E-state index < -0.39 is 0 Å². The Bertz CT molecular complexity index is 695. The summed E-state index contributed by atoms with van der Waals surface area (Å²) in [5.74, 6) is 0.609. The van der Waals surface area contributed by atoms with Gasteiger partial charge in [-0.1, -0.05) is 24.6 Å². The van der Waals surface area contributed by atoms with Gasteiger partial charge in [-0.15, -0.1) is 5.10 Å². The molecule has 3 heterocycles. The number of aromatic nitrogens is 4. The number of carbonyl (C=O) groups excluding carboxylic acids is 2. The zero-order chi connectivity index (χ0) is 20.1. The van der Waals surface area contributed by atoms with E-state index in [-0.39, 0.29) is 11.8 Å². The first-order chi connectivity index (χ1) is 14.2. The molecule has 0 aromatic carbocycles. The number of tetrazole rings is 1. The molecule has 1 aromatic rings. The van der Waals surface area contributed by atoms with Crippen molar-refractivity contribution in [2.24, 2.45) is 0 Å². The molecule has 2 aliphatic heterocycles. The lowest BCUT2D eigenvalue weighted by Gasteiger charge is -2.36. The van der Waals surface area contributed by atoms with E-state index in [2.05, 4.69) is 20.4 Å². The lowest BCUT2D eigenvalue weighted by molar-refractivity contribution is -0.137. The lowest BCUT2D eigenvalue weighted by atomic mass is 10.3. The Labute approximate surface area is 174 Å². The molecule has 0 atom stereocenters. The van der Waals surface area contributed by atoms with Gasteiger partial charge in [-0.2, -0.15) is 0 Å². The van der Waals surface area contributed by atoms with E-state index in [0.29, 0.717) is 57.7 Å². The SMILES string of the molecule is O=C(CSc1nnnn1C1CCCC1)N1CCN(CC(=O)N2CCOCC2)CC1. The van der Waals surface area contributed by atoms with Crippen molar-refractivity contribution in [3.63, 3.8) is 0 Å². The molecular weight excluding hydrogens is 394 g/mol. The number of hydrogen-bond donors (Lipinski definition) is 0. The molecule has 2 saturated heterocycles. The molecule has 3 fully saturated rings. The second-order valence-electron chi connectivity index (χ2n) is 7.78. The Kier molecular flexibility index (Phi) is 6.98. The maximum atomic E-state index is 12.6. The van der Waals surface area contributed by atoms with Crippen LogP contribution in [0.3, 0.4) is 0 Å². The molecule has 2 amide bonds. The van der Waals surface area contributed by atoms with E-state index in [1.807, 2.05) is 14.5 Å². The smallest absolute Gasteiger partial charge is 0.236 e. The van der Waals surface area contributed by atoms with Crippen LogP contribution in [0, 0.1) is 0 Å². The van der Waals surface area contributed by atoms with Crippen molar-refractivity contribution in [2.75, 3.05) is 64.8 Å². The zero-order valence-corrected chi connectivity index (χ0v) is 17.6. The Morgan fingerprint density at radius 3 is 2.38 bits per heavy atom. The summed E-state index contributed by atoms with van der Waals surface area (Å²) in [4.78, 5) is 30.9. The van der Waals surface area contributed by atoms with Gasteiger partial charge >= 0.3 is 0 Å². The van der Waals surface area contributed by atoms with Gasteiger partial charge in [0.05, 0.1) is 31.6 Å². The van der Waals surface area contributed by atoms with Gasteiger partial charge < -0.3 is 14.5 Å². The Morgan fingerprint density at radius 1 is 0.966 bits per heavy atom. The fraction of sp³-hybridized carbons (Fsp3) is 0.833. The van der Waals surface area contributed by atoms with Crippen molar-refractivity contribution in [2.45, 2.75) is 36.9 Å². The molecule has 10 nitrogen and oxygen atoms in total. The minimum Gasteiger partial charge on any atom is -0.378 e. The first-order valence-corrected chi connectivity index (χ1v) is 11.5. The highest BCUT2D eigenvalue weighted by atomic mass is 32.2. The second kappa shape index (κ2) is 9.86. The van der Waals surface area contributed by atoms with Gasteiger partial charge in [0.15, 0.2) is 0 Å². The van der Waals surface area contributed by atoms with Crippen LogP contribution in [-0.2, 0) is 14.3 Å². The van der Waals surface area contributed by atoms with E-state index in [0.717, 1.165) is 31.1 Å². The van der Waals surface area contributed by atoms with Crippen LogP contribution in [0.4, 0.5) is 0 Å². The molecule has 1 aliphatic carbocycles. The van der Waals surface area contributed by atoms with Crippen molar-refractivity contribution in [3.05, 3.63) is 0 Å². The molecule has 0 radical (unpaired) electrons. The highest BCUT2D eigenvalue weighted by molar-refractivity contribution is 7.99. The molecule has 1 saturated carbocycles. The van der Waals surface area contributed by atoms with Crippen molar-refractivity contribution < 1.29 is 14.3 Å². The van der Waals surface area contributed by atoms with Gasteiger partial charge in [0.25, 0.3) is 0 Å². The summed E-state index contributed by atoms with van der Waals surface area (Å²) in [7, 11) is 0. The Hall–Kier alpha value is -1.72.